The largest absolute Gasteiger partial charge is 0.508 e. The smallest absolute Gasteiger partial charge is 0.335 e. The van der Waals surface area contributed by atoms with E-state index in [9.17, 15) is 9.90 Å². The maximum atomic E-state index is 13.5. The first-order valence-electron chi connectivity index (χ1n) is 17.8. The quantitative estimate of drug-likeness (QED) is 0.247. The van der Waals surface area contributed by atoms with Crippen LogP contribution in [0.25, 0.3) is 10.9 Å². The highest BCUT2D eigenvalue weighted by Crippen LogP contribution is 2.66. The van der Waals surface area contributed by atoms with Gasteiger partial charge in [0.15, 0.2) is 0 Å². The third-order valence-corrected chi connectivity index (χ3v) is 13.8. The number of carbonyl (C=O) groups excluding carboxylic acids is 1. The van der Waals surface area contributed by atoms with Crippen molar-refractivity contribution in [2.24, 2.45) is 10.8 Å². The van der Waals surface area contributed by atoms with Gasteiger partial charge in [-0.05, 0) is 61.8 Å². The Morgan fingerprint density at radius 1 is 1.04 bits per heavy atom. The molecule has 1 aliphatic carbocycles. The van der Waals surface area contributed by atoms with Crippen LogP contribution in [0.2, 0.25) is 0 Å². The van der Waals surface area contributed by atoms with Crippen molar-refractivity contribution >= 4 is 22.6 Å². The minimum absolute atomic E-state index is 0.00586. The summed E-state index contributed by atoms with van der Waals surface area (Å²) < 4.78 is 8.06. The van der Waals surface area contributed by atoms with E-state index in [1.54, 1.807) is 0 Å². The highest BCUT2D eigenvalue weighted by atomic mass is 16.5. The van der Waals surface area contributed by atoms with E-state index in [2.05, 4.69) is 88.2 Å². The molecule has 0 amide bonds. The molecule has 10 rings (SSSR count). The second-order valence-electron chi connectivity index (χ2n) is 15.3. The van der Waals surface area contributed by atoms with Crippen LogP contribution in [0.1, 0.15) is 80.4 Å². The number of hydrogen-bond donors (Lipinski definition) is 2. The van der Waals surface area contributed by atoms with Crippen molar-refractivity contribution in [3.63, 3.8) is 0 Å². The predicted molar refractivity (Wildman–Crippen MR) is 183 cm³/mol. The maximum Gasteiger partial charge on any atom is 0.335 e. The number of carbonyl (C=O) groups is 1. The van der Waals surface area contributed by atoms with E-state index in [-0.39, 0.29) is 34.3 Å². The number of fused-ring (bicyclic) bond motifs is 4. The molecule has 2 N–H and O–H groups in total. The standard InChI is InChI=1S/C40H44N4O3/c1-4-38-13-8-16-42-18-12-25-24-10-6-7-11-30(24)44(33(25)35(38)42)31(23-38)26-20-28-29(21-32(26)45)41-34-27(36(46)47-3)22-39(5-2)14-9-17-43-19-15-40(28,34)37(39)43/h6-11,13-14,20-21,31,35,37,41,45H,4-5,12,15-19,22-23H2,1-3H3/t31-,35+,37-,38-,39+,40+/m1/s1. The molecule has 7 heterocycles. The van der Waals surface area contributed by atoms with Gasteiger partial charge < -0.3 is 19.7 Å². The van der Waals surface area contributed by atoms with E-state index in [1.165, 1.54) is 34.8 Å². The Kier molecular flexibility index (Phi) is 5.65. The van der Waals surface area contributed by atoms with Gasteiger partial charge in [-0.1, -0.05) is 56.4 Å². The van der Waals surface area contributed by atoms with Crippen molar-refractivity contribution in [3.05, 3.63) is 94.4 Å². The average Bonchev–Trinajstić information content (AvgIpc) is 3.77. The molecule has 6 aliphatic heterocycles. The fraction of sp³-hybridized carbons (Fsp3) is 0.475. The van der Waals surface area contributed by atoms with Crippen LogP contribution in [-0.4, -0.2) is 64.8 Å². The zero-order valence-electron chi connectivity index (χ0n) is 27.7. The summed E-state index contributed by atoms with van der Waals surface area (Å²) in [7, 11) is 1.50. The maximum absolute atomic E-state index is 13.5. The van der Waals surface area contributed by atoms with Crippen molar-refractivity contribution < 1.29 is 14.6 Å². The van der Waals surface area contributed by atoms with Crippen LogP contribution in [0.4, 0.5) is 5.69 Å². The summed E-state index contributed by atoms with van der Waals surface area (Å²) in [6, 6.07) is 13.8. The highest BCUT2D eigenvalue weighted by molar-refractivity contribution is 5.93. The van der Waals surface area contributed by atoms with Gasteiger partial charge in [-0.25, -0.2) is 4.79 Å². The van der Waals surface area contributed by atoms with Crippen LogP contribution in [0.3, 0.4) is 0 Å². The Morgan fingerprint density at radius 2 is 1.83 bits per heavy atom. The summed E-state index contributed by atoms with van der Waals surface area (Å²) >= 11 is 0. The van der Waals surface area contributed by atoms with Gasteiger partial charge in [0, 0.05) is 82.7 Å². The van der Waals surface area contributed by atoms with Gasteiger partial charge >= 0.3 is 5.97 Å². The van der Waals surface area contributed by atoms with Crippen molar-refractivity contribution in [1.29, 1.82) is 0 Å². The first-order chi connectivity index (χ1) is 22.9. The molecule has 47 heavy (non-hydrogen) atoms. The van der Waals surface area contributed by atoms with Crippen LogP contribution >= 0.6 is 0 Å². The lowest BCUT2D eigenvalue weighted by molar-refractivity contribution is -0.137. The number of benzene rings is 2. The summed E-state index contributed by atoms with van der Waals surface area (Å²) in [6.07, 6.45) is 15.2. The van der Waals surface area contributed by atoms with Crippen LogP contribution in [0.5, 0.6) is 5.75 Å². The van der Waals surface area contributed by atoms with Gasteiger partial charge in [-0.15, -0.1) is 0 Å². The van der Waals surface area contributed by atoms with Crippen molar-refractivity contribution in [3.8, 4) is 5.75 Å². The Bertz CT molecular complexity index is 1990. The summed E-state index contributed by atoms with van der Waals surface area (Å²) in [6.45, 7) is 8.62. The summed E-state index contributed by atoms with van der Waals surface area (Å²) in [5.74, 6) is 0.0930. The topological polar surface area (TPSA) is 70.0 Å². The molecule has 1 saturated heterocycles. The monoisotopic (exact) mass is 628 g/mol. The zero-order valence-corrected chi connectivity index (χ0v) is 27.7. The molecule has 0 radical (unpaired) electrons. The lowest BCUT2D eigenvalue weighted by Gasteiger charge is -2.55. The Labute approximate surface area is 276 Å². The number of nitrogens with one attached hydrogen (secondary N) is 1. The number of hydrogen-bond acceptors (Lipinski definition) is 6. The zero-order chi connectivity index (χ0) is 31.9. The molecule has 6 atom stereocenters. The minimum atomic E-state index is -0.361. The normalized spacial score (nSPS) is 34.6. The Balaban J connectivity index is 1.23. The number of aromatic hydroxyl groups is 1. The van der Waals surface area contributed by atoms with Gasteiger partial charge in [0.1, 0.15) is 5.75 Å². The van der Waals surface area contributed by atoms with Gasteiger partial charge in [0.05, 0.1) is 30.2 Å². The highest BCUT2D eigenvalue weighted by Gasteiger charge is 2.65. The van der Waals surface area contributed by atoms with Crippen LogP contribution in [0, 0.1) is 10.8 Å². The molecule has 242 valence electrons. The molecular formula is C40H44N4O3. The Morgan fingerprint density at radius 3 is 2.64 bits per heavy atom. The number of methoxy groups -OCH3 is 1. The molecule has 7 aliphatic rings. The molecular weight excluding hydrogens is 584 g/mol. The fourth-order valence-corrected chi connectivity index (χ4v) is 11.9. The molecule has 7 nitrogen and oxygen atoms in total. The van der Waals surface area contributed by atoms with Crippen molar-refractivity contribution in [1.82, 2.24) is 14.4 Å². The SMILES string of the molecule is CC[C@@]12C=CCN3CCc4c(n(c5ccccc45)[C@@H](c4cc5c(cc4O)NC4=C(C(=O)OC)C[C@]6(CC)C=CCN7CC[C@@]45[C@H]76)C1)[C@H]32. The molecule has 2 aromatic carbocycles. The third-order valence-electron chi connectivity index (χ3n) is 13.8. The molecule has 0 bridgehead atoms. The molecule has 0 unspecified atom stereocenters. The lowest BCUT2D eigenvalue weighted by Crippen LogP contribution is -2.58. The minimum Gasteiger partial charge on any atom is -0.508 e. The number of aromatic nitrogens is 1. The molecule has 1 fully saturated rings. The van der Waals surface area contributed by atoms with E-state index in [4.69, 9.17) is 4.74 Å². The van der Waals surface area contributed by atoms with Gasteiger partial charge in [0.2, 0.25) is 0 Å². The van der Waals surface area contributed by atoms with Crippen LogP contribution in [0.15, 0.2) is 72.0 Å². The van der Waals surface area contributed by atoms with E-state index >= 15 is 0 Å². The number of phenolic OH excluding ortho intramolecular Hbond substituents is 1. The number of nitrogens with zero attached hydrogens (tertiary/aromatic N) is 3. The summed E-state index contributed by atoms with van der Waals surface area (Å²) in [5.41, 5.74) is 8.66. The number of para-hydroxylation sites is 1. The van der Waals surface area contributed by atoms with E-state index in [0.717, 1.165) is 80.8 Å². The summed E-state index contributed by atoms with van der Waals surface area (Å²) in [4.78, 5) is 18.9. The van der Waals surface area contributed by atoms with Gasteiger partial charge in [-0.3, -0.25) is 9.80 Å². The van der Waals surface area contributed by atoms with Crippen LogP contribution < -0.4 is 5.32 Å². The Hall–Kier alpha value is -3.81. The predicted octanol–water partition coefficient (Wildman–Crippen LogP) is 6.74. The van der Waals surface area contributed by atoms with Gasteiger partial charge in [0.25, 0.3) is 0 Å². The molecule has 1 spiro atoms. The molecule has 1 aromatic heterocycles. The number of anilines is 1. The van der Waals surface area contributed by atoms with E-state index < -0.39 is 0 Å². The third kappa shape index (κ3) is 3.28. The van der Waals surface area contributed by atoms with E-state index in [1.807, 2.05) is 6.07 Å². The first-order valence-corrected chi connectivity index (χ1v) is 17.8. The summed E-state index contributed by atoms with van der Waals surface area (Å²) in [5, 5.41) is 17.2. The second kappa shape index (κ2) is 9.42. The fourth-order valence-electron chi connectivity index (χ4n) is 11.9. The number of rotatable bonds is 4. The lowest BCUT2D eigenvalue weighted by atomic mass is 9.55. The number of esters is 1. The molecule has 7 heteroatoms. The second-order valence-corrected chi connectivity index (χ2v) is 15.3. The van der Waals surface area contributed by atoms with Gasteiger partial charge in [-0.2, -0.15) is 0 Å². The number of phenols is 1. The van der Waals surface area contributed by atoms with Crippen molar-refractivity contribution in [2.45, 2.75) is 75.9 Å². The first kappa shape index (κ1) is 28.2. The van der Waals surface area contributed by atoms with E-state index in [0.29, 0.717) is 18.2 Å². The number of ether oxygens (including phenoxy) is 1. The van der Waals surface area contributed by atoms with Crippen LogP contribution in [-0.2, 0) is 21.4 Å². The average molecular weight is 629 g/mol. The molecule has 3 aromatic rings. The van der Waals surface area contributed by atoms with Crippen molar-refractivity contribution in [2.75, 3.05) is 38.6 Å². The molecule has 0 saturated carbocycles.